The average Bonchev–Trinajstić information content (AvgIpc) is 3.57. The zero-order valence-electron chi connectivity index (χ0n) is 19.8. The zero-order chi connectivity index (χ0) is 22.3. The van der Waals surface area contributed by atoms with Crippen molar-refractivity contribution in [2.45, 2.75) is 72.0 Å². The molecule has 1 aliphatic heterocycles. The summed E-state index contributed by atoms with van der Waals surface area (Å²) in [5.74, 6) is 3.37. The van der Waals surface area contributed by atoms with Crippen LogP contribution in [0.3, 0.4) is 0 Å². The second-order valence-electron chi connectivity index (χ2n) is 8.87. The Balaban J connectivity index is 0.00000306. The van der Waals surface area contributed by atoms with Crippen LogP contribution in [0.1, 0.15) is 56.0 Å². The first-order valence-electron chi connectivity index (χ1n) is 12.0. The van der Waals surface area contributed by atoms with Gasteiger partial charge in [-0.2, -0.15) is 5.10 Å². The molecule has 1 saturated carbocycles. The molecule has 0 spiro atoms. The summed E-state index contributed by atoms with van der Waals surface area (Å²) in [4.78, 5) is 17.2. The monoisotopic (exact) mass is 568 g/mol. The second-order valence-corrected chi connectivity index (χ2v) is 8.87. The number of rotatable bonds is 10. The van der Waals surface area contributed by atoms with Crippen LogP contribution in [0.5, 0.6) is 5.75 Å². The van der Waals surface area contributed by atoms with Crippen LogP contribution < -0.4 is 21.1 Å². The highest BCUT2D eigenvalue weighted by Crippen LogP contribution is 2.31. The van der Waals surface area contributed by atoms with Gasteiger partial charge < -0.3 is 15.4 Å². The van der Waals surface area contributed by atoms with E-state index in [0.29, 0.717) is 13.1 Å². The van der Waals surface area contributed by atoms with Crippen molar-refractivity contribution in [2.24, 2.45) is 10.9 Å². The van der Waals surface area contributed by atoms with Crippen molar-refractivity contribution >= 4 is 29.9 Å². The number of nitrogens with one attached hydrogen (secondary N) is 2. The lowest BCUT2D eigenvalue weighted by Gasteiger charge is -2.13. The van der Waals surface area contributed by atoms with Crippen molar-refractivity contribution in [3.63, 3.8) is 0 Å². The van der Waals surface area contributed by atoms with E-state index in [-0.39, 0.29) is 29.7 Å². The van der Waals surface area contributed by atoms with Crippen molar-refractivity contribution < 1.29 is 4.74 Å². The van der Waals surface area contributed by atoms with Gasteiger partial charge in [0.1, 0.15) is 11.6 Å². The van der Waals surface area contributed by atoms with E-state index in [1.165, 1.54) is 18.4 Å². The van der Waals surface area contributed by atoms with E-state index >= 15 is 0 Å². The Labute approximate surface area is 213 Å². The Hall–Kier alpha value is -2.04. The Morgan fingerprint density at radius 3 is 2.88 bits per heavy atom. The lowest BCUT2D eigenvalue weighted by Crippen LogP contribution is -2.38. The molecule has 4 rings (SSSR count). The van der Waals surface area contributed by atoms with Gasteiger partial charge in [0.25, 0.3) is 0 Å². The van der Waals surface area contributed by atoms with Crippen LogP contribution in [0.15, 0.2) is 28.0 Å². The van der Waals surface area contributed by atoms with Crippen LogP contribution in [-0.4, -0.2) is 40.0 Å². The van der Waals surface area contributed by atoms with Gasteiger partial charge in [-0.1, -0.05) is 12.1 Å². The van der Waals surface area contributed by atoms with Crippen LogP contribution in [0.4, 0.5) is 0 Å². The molecule has 1 aliphatic carbocycles. The number of fused-ring (bicyclic) bond motifs is 1. The van der Waals surface area contributed by atoms with Gasteiger partial charge in [0.05, 0.1) is 13.2 Å². The molecule has 0 bridgehead atoms. The minimum Gasteiger partial charge on any atom is -0.493 e. The summed E-state index contributed by atoms with van der Waals surface area (Å²) in [5.41, 5.74) is 2.33. The van der Waals surface area contributed by atoms with Crippen LogP contribution >= 0.6 is 24.0 Å². The largest absolute Gasteiger partial charge is 0.493 e. The number of aromatic nitrogens is 3. The van der Waals surface area contributed by atoms with Gasteiger partial charge in [-0.15, -0.1) is 24.0 Å². The fourth-order valence-electron chi connectivity index (χ4n) is 3.95. The molecule has 1 aromatic carbocycles. The number of aryl methyl sites for hydroxylation is 3. The molecule has 0 saturated heterocycles. The van der Waals surface area contributed by atoms with Gasteiger partial charge in [-0.25, -0.2) is 14.5 Å². The van der Waals surface area contributed by atoms with Crippen molar-refractivity contribution in [3.05, 3.63) is 45.6 Å². The lowest BCUT2D eigenvalue weighted by atomic mass is 10.1. The molecule has 182 valence electrons. The van der Waals surface area contributed by atoms with E-state index in [1.807, 2.05) is 4.57 Å². The maximum Gasteiger partial charge on any atom is 0.345 e. The Bertz CT molecular complexity index is 995. The highest BCUT2D eigenvalue weighted by molar-refractivity contribution is 14.0. The van der Waals surface area contributed by atoms with Crippen LogP contribution in [0.25, 0.3) is 0 Å². The molecular weight excluding hydrogens is 531 g/mol. The van der Waals surface area contributed by atoms with Gasteiger partial charge in [-0.3, -0.25) is 4.57 Å². The maximum absolute atomic E-state index is 12.5. The number of guanidine groups is 1. The van der Waals surface area contributed by atoms with E-state index in [9.17, 15) is 4.79 Å². The molecule has 2 aliphatic rings. The molecule has 2 heterocycles. The SMILES string of the molecule is CCNC(=NCc1ccc(C)cc1OCC1CC1)NCCCn1nc2n(c1=O)CCCC2.I. The molecule has 1 aromatic heterocycles. The highest BCUT2D eigenvalue weighted by atomic mass is 127. The normalized spacial score (nSPS) is 15.5. The van der Waals surface area contributed by atoms with E-state index in [4.69, 9.17) is 9.73 Å². The van der Waals surface area contributed by atoms with Gasteiger partial charge in [0, 0.05) is 38.2 Å². The fraction of sp³-hybridized carbons (Fsp3) is 0.625. The number of ether oxygens (including phenoxy) is 1. The van der Waals surface area contributed by atoms with E-state index in [1.54, 1.807) is 4.68 Å². The average molecular weight is 569 g/mol. The predicted octanol–water partition coefficient (Wildman–Crippen LogP) is 3.24. The first-order chi connectivity index (χ1) is 15.6. The number of benzene rings is 1. The van der Waals surface area contributed by atoms with Crippen LogP contribution in [0, 0.1) is 12.8 Å². The van der Waals surface area contributed by atoms with Gasteiger partial charge in [0.2, 0.25) is 0 Å². The maximum atomic E-state index is 12.5. The standard InChI is InChI=1S/C24H36N6O2.HI/c1-3-25-23(26-12-6-14-30-24(31)29-13-5-4-7-22(29)28-30)27-16-20-11-8-18(2)15-21(20)32-17-19-9-10-19;/h8,11,15,19H,3-7,9-10,12-14,16-17H2,1-2H3,(H2,25,26,27);1H. The van der Waals surface area contributed by atoms with Crippen LogP contribution in [0.2, 0.25) is 0 Å². The number of hydrogen-bond acceptors (Lipinski definition) is 4. The van der Waals surface area contributed by atoms with Crippen molar-refractivity contribution in [2.75, 3.05) is 19.7 Å². The third-order valence-electron chi connectivity index (χ3n) is 6.02. The molecule has 9 heteroatoms. The van der Waals surface area contributed by atoms with Crippen LogP contribution in [-0.2, 0) is 26.1 Å². The highest BCUT2D eigenvalue weighted by Gasteiger charge is 2.22. The quantitative estimate of drug-likeness (QED) is 0.199. The molecular formula is C24H37IN6O2. The second kappa shape index (κ2) is 12.4. The predicted molar refractivity (Wildman–Crippen MR) is 142 cm³/mol. The van der Waals surface area contributed by atoms with E-state index in [0.717, 1.165) is 80.9 Å². The Kier molecular flexibility index (Phi) is 9.64. The zero-order valence-corrected chi connectivity index (χ0v) is 22.1. The first-order valence-corrected chi connectivity index (χ1v) is 12.0. The summed E-state index contributed by atoms with van der Waals surface area (Å²) < 4.78 is 9.52. The Morgan fingerprint density at radius 2 is 2.12 bits per heavy atom. The van der Waals surface area contributed by atoms with Gasteiger partial charge >= 0.3 is 5.69 Å². The topological polar surface area (TPSA) is 85.5 Å². The summed E-state index contributed by atoms with van der Waals surface area (Å²) in [6, 6.07) is 6.32. The molecule has 0 amide bonds. The van der Waals surface area contributed by atoms with E-state index in [2.05, 4.69) is 47.8 Å². The molecule has 2 aromatic rings. The number of nitrogens with zero attached hydrogens (tertiary/aromatic N) is 4. The molecule has 0 atom stereocenters. The van der Waals surface area contributed by atoms with Crippen molar-refractivity contribution in [1.29, 1.82) is 0 Å². The molecule has 0 radical (unpaired) electrons. The van der Waals surface area contributed by atoms with Gasteiger partial charge in [0.15, 0.2) is 5.96 Å². The summed E-state index contributed by atoms with van der Waals surface area (Å²) in [5, 5.41) is 11.2. The lowest BCUT2D eigenvalue weighted by molar-refractivity contribution is 0.296. The molecule has 1 fully saturated rings. The number of halogens is 1. The van der Waals surface area contributed by atoms with E-state index < -0.39 is 0 Å². The minimum atomic E-state index is 0. The minimum absolute atomic E-state index is 0. The third-order valence-corrected chi connectivity index (χ3v) is 6.02. The molecule has 33 heavy (non-hydrogen) atoms. The smallest absolute Gasteiger partial charge is 0.345 e. The number of aliphatic imine (C=N–C) groups is 1. The van der Waals surface area contributed by atoms with Crippen molar-refractivity contribution in [3.8, 4) is 5.75 Å². The number of hydrogen-bond donors (Lipinski definition) is 2. The summed E-state index contributed by atoms with van der Waals surface area (Å²) in [7, 11) is 0. The first kappa shape index (κ1) is 25.6. The molecule has 2 N–H and O–H groups in total. The summed E-state index contributed by atoms with van der Waals surface area (Å²) in [6.45, 7) is 8.43. The van der Waals surface area contributed by atoms with Crippen molar-refractivity contribution in [1.82, 2.24) is 25.0 Å². The molecule has 8 nitrogen and oxygen atoms in total. The Morgan fingerprint density at radius 1 is 1.27 bits per heavy atom. The third kappa shape index (κ3) is 7.22. The molecule has 0 unspecified atom stereocenters. The fourth-order valence-corrected chi connectivity index (χ4v) is 3.95. The summed E-state index contributed by atoms with van der Waals surface area (Å²) in [6.07, 6.45) is 6.46. The van der Waals surface area contributed by atoms with Gasteiger partial charge in [-0.05, 0) is 63.5 Å². The summed E-state index contributed by atoms with van der Waals surface area (Å²) >= 11 is 0.